The highest BCUT2D eigenvalue weighted by molar-refractivity contribution is 5.79. The lowest BCUT2D eigenvalue weighted by Gasteiger charge is -2.40. The molecule has 0 spiro atoms. The molecule has 0 aromatic carbocycles. The molecule has 3 nitrogen and oxygen atoms in total. The zero-order valence-electron chi connectivity index (χ0n) is 13.4. The second kappa shape index (κ2) is 5.57. The maximum absolute atomic E-state index is 13.0. The molecule has 4 aliphatic rings. The molecule has 0 radical (unpaired) electrons. The second-order valence-corrected chi connectivity index (χ2v) is 8.13. The number of rotatable bonds is 1. The molecule has 2 aliphatic heterocycles. The van der Waals surface area contributed by atoms with Crippen LogP contribution in [0.4, 0.5) is 0 Å². The summed E-state index contributed by atoms with van der Waals surface area (Å²) in [7, 11) is 0. The Hall–Kier alpha value is -0.570. The molecule has 21 heavy (non-hydrogen) atoms. The number of fused-ring (bicyclic) bond motifs is 2. The molecule has 6 atom stereocenters. The van der Waals surface area contributed by atoms with Crippen LogP contribution in [0.1, 0.15) is 51.9 Å². The van der Waals surface area contributed by atoms with Crippen molar-refractivity contribution in [1.82, 2.24) is 10.2 Å². The third-order valence-electron chi connectivity index (χ3n) is 7.11. The first-order chi connectivity index (χ1) is 10.2. The minimum absolute atomic E-state index is 0.346. The number of hydrogen-bond donors (Lipinski definition) is 1. The van der Waals surface area contributed by atoms with Crippen molar-refractivity contribution < 1.29 is 4.79 Å². The van der Waals surface area contributed by atoms with Crippen LogP contribution in [0.5, 0.6) is 0 Å². The zero-order chi connectivity index (χ0) is 14.4. The fraction of sp³-hybridized carbons (Fsp3) is 0.944. The van der Waals surface area contributed by atoms with E-state index in [1.165, 1.54) is 38.5 Å². The average Bonchev–Trinajstić information content (AvgIpc) is 3.09. The normalized spacial score (nSPS) is 46.2. The van der Waals surface area contributed by atoms with Gasteiger partial charge in [0, 0.05) is 31.6 Å². The fourth-order valence-electron chi connectivity index (χ4n) is 5.79. The van der Waals surface area contributed by atoms with E-state index in [0.29, 0.717) is 23.8 Å². The highest BCUT2D eigenvalue weighted by atomic mass is 16.2. The van der Waals surface area contributed by atoms with Gasteiger partial charge in [0.25, 0.3) is 0 Å². The van der Waals surface area contributed by atoms with Gasteiger partial charge in [-0.05, 0) is 49.9 Å². The number of carbonyl (C=O) groups is 1. The van der Waals surface area contributed by atoms with Crippen LogP contribution >= 0.6 is 0 Å². The smallest absolute Gasteiger partial charge is 0.225 e. The maximum atomic E-state index is 13.0. The van der Waals surface area contributed by atoms with Crippen molar-refractivity contribution in [3.63, 3.8) is 0 Å². The van der Waals surface area contributed by atoms with E-state index in [-0.39, 0.29) is 0 Å². The molecule has 1 N–H and O–H groups in total. The van der Waals surface area contributed by atoms with E-state index in [9.17, 15) is 4.79 Å². The van der Waals surface area contributed by atoms with Crippen LogP contribution in [0.25, 0.3) is 0 Å². The monoisotopic (exact) mass is 290 g/mol. The molecule has 118 valence electrons. The number of nitrogens with zero attached hydrogens (tertiary/aromatic N) is 1. The van der Waals surface area contributed by atoms with E-state index in [1.807, 2.05) is 0 Å². The Morgan fingerprint density at radius 3 is 2.62 bits per heavy atom. The topological polar surface area (TPSA) is 32.3 Å². The van der Waals surface area contributed by atoms with Crippen molar-refractivity contribution in [3.8, 4) is 0 Å². The molecule has 6 unspecified atom stereocenters. The molecular weight excluding hydrogens is 260 g/mol. The quantitative estimate of drug-likeness (QED) is 0.805. The van der Waals surface area contributed by atoms with Crippen molar-refractivity contribution in [2.45, 2.75) is 57.9 Å². The van der Waals surface area contributed by atoms with E-state index >= 15 is 0 Å². The molecule has 1 amide bonds. The molecule has 0 bridgehead atoms. The lowest BCUT2D eigenvalue weighted by Crippen LogP contribution is -2.43. The summed E-state index contributed by atoms with van der Waals surface area (Å²) in [6, 6.07) is 0.460. The second-order valence-electron chi connectivity index (χ2n) is 8.13. The van der Waals surface area contributed by atoms with Crippen molar-refractivity contribution in [1.29, 1.82) is 0 Å². The number of nitrogens with one attached hydrogen (secondary N) is 1. The Morgan fingerprint density at radius 2 is 1.81 bits per heavy atom. The van der Waals surface area contributed by atoms with Crippen LogP contribution in [-0.4, -0.2) is 36.5 Å². The van der Waals surface area contributed by atoms with Gasteiger partial charge >= 0.3 is 0 Å². The van der Waals surface area contributed by atoms with Crippen molar-refractivity contribution >= 4 is 5.91 Å². The Kier molecular flexibility index (Phi) is 3.72. The van der Waals surface area contributed by atoms with E-state index in [0.717, 1.165) is 43.8 Å². The standard InChI is InChI=1S/C18H30N2O/c1-12-17-10-19-9-16(17)11-20(12)18(21)15-7-6-13-4-2-3-5-14(13)8-15/h12-17,19H,2-11H2,1H3. The van der Waals surface area contributed by atoms with Crippen LogP contribution in [0.3, 0.4) is 0 Å². The van der Waals surface area contributed by atoms with Crippen LogP contribution in [-0.2, 0) is 4.79 Å². The first kappa shape index (κ1) is 14.0. The predicted octanol–water partition coefficient (Wildman–Crippen LogP) is 2.66. The van der Waals surface area contributed by atoms with Gasteiger partial charge in [-0.25, -0.2) is 0 Å². The summed E-state index contributed by atoms with van der Waals surface area (Å²) < 4.78 is 0. The molecule has 3 heteroatoms. The van der Waals surface area contributed by atoms with Crippen LogP contribution < -0.4 is 5.32 Å². The average molecular weight is 290 g/mol. The van der Waals surface area contributed by atoms with Crippen molar-refractivity contribution in [3.05, 3.63) is 0 Å². The molecular formula is C18H30N2O. The van der Waals surface area contributed by atoms with Gasteiger partial charge in [-0.2, -0.15) is 0 Å². The van der Waals surface area contributed by atoms with Gasteiger partial charge in [-0.3, -0.25) is 4.79 Å². The molecule has 4 fully saturated rings. The SMILES string of the molecule is CC1C2CNCC2CN1C(=O)C1CCC2CCCCC2C1. The van der Waals surface area contributed by atoms with Crippen LogP contribution in [0, 0.1) is 29.6 Å². The number of amides is 1. The highest BCUT2D eigenvalue weighted by Gasteiger charge is 2.46. The minimum Gasteiger partial charge on any atom is -0.339 e. The molecule has 2 saturated heterocycles. The Morgan fingerprint density at radius 1 is 1.00 bits per heavy atom. The van der Waals surface area contributed by atoms with Gasteiger partial charge in [0.15, 0.2) is 0 Å². The van der Waals surface area contributed by atoms with E-state index < -0.39 is 0 Å². The zero-order valence-corrected chi connectivity index (χ0v) is 13.4. The predicted molar refractivity (Wildman–Crippen MR) is 83.8 cm³/mol. The fourth-order valence-corrected chi connectivity index (χ4v) is 5.79. The van der Waals surface area contributed by atoms with Gasteiger partial charge in [-0.1, -0.05) is 25.7 Å². The Bertz CT molecular complexity index is 410. The molecule has 2 aliphatic carbocycles. The van der Waals surface area contributed by atoms with Gasteiger partial charge in [0.05, 0.1) is 0 Å². The summed E-state index contributed by atoms with van der Waals surface area (Å²) in [6.45, 7) is 5.53. The molecule has 0 aromatic rings. The van der Waals surface area contributed by atoms with Gasteiger partial charge in [0.1, 0.15) is 0 Å². The lowest BCUT2D eigenvalue weighted by molar-refractivity contribution is -0.139. The number of hydrogen-bond acceptors (Lipinski definition) is 2. The van der Waals surface area contributed by atoms with E-state index in [4.69, 9.17) is 0 Å². The molecule has 0 aromatic heterocycles. The largest absolute Gasteiger partial charge is 0.339 e. The third kappa shape index (κ3) is 2.42. The third-order valence-corrected chi connectivity index (χ3v) is 7.11. The Balaban J connectivity index is 1.41. The van der Waals surface area contributed by atoms with Crippen LogP contribution in [0.15, 0.2) is 0 Å². The summed E-state index contributed by atoms with van der Waals surface area (Å²) >= 11 is 0. The molecule has 2 saturated carbocycles. The van der Waals surface area contributed by atoms with E-state index in [2.05, 4.69) is 17.1 Å². The number of carbonyl (C=O) groups excluding carboxylic acids is 1. The first-order valence-electron chi connectivity index (χ1n) is 9.25. The summed E-state index contributed by atoms with van der Waals surface area (Å²) in [6.07, 6.45) is 9.33. The van der Waals surface area contributed by atoms with Crippen molar-refractivity contribution in [2.24, 2.45) is 29.6 Å². The number of likely N-dealkylation sites (tertiary alicyclic amines) is 1. The summed E-state index contributed by atoms with van der Waals surface area (Å²) in [5, 5.41) is 3.49. The molecule has 2 heterocycles. The summed E-state index contributed by atoms with van der Waals surface area (Å²) in [5.74, 6) is 4.08. The van der Waals surface area contributed by atoms with Gasteiger partial charge in [0.2, 0.25) is 5.91 Å². The van der Waals surface area contributed by atoms with E-state index in [1.54, 1.807) is 0 Å². The lowest BCUT2D eigenvalue weighted by atomic mass is 9.67. The summed E-state index contributed by atoms with van der Waals surface area (Å²) in [5.41, 5.74) is 0. The maximum Gasteiger partial charge on any atom is 0.225 e. The van der Waals surface area contributed by atoms with Gasteiger partial charge < -0.3 is 10.2 Å². The highest BCUT2D eigenvalue weighted by Crippen LogP contribution is 2.44. The Labute approximate surface area is 128 Å². The van der Waals surface area contributed by atoms with Crippen LogP contribution in [0.2, 0.25) is 0 Å². The van der Waals surface area contributed by atoms with Gasteiger partial charge in [-0.15, -0.1) is 0 Å². The first-order valence-corrected chi connectivity index (χ1v) is 9.25. The minimum atomic E-state index is 0.346. The summed E-state index contributed by atoms with van der Waals surface area (Å²) in [4.78, 5) is 15.3. The molecule has 4 rings (SSSR count). The van der Waals surface area contributed by atoms with Crippen molar-refractivity contribution in [2.75, 3.05) is 19.6 Å².